The van der Waals surface area contributed by atoms with Crippen LogP contribution in [0.1, 0.15) is 35.8 Å². The fourth-order valence-corrected chi connectivity index (χ4v) is 2.72. The molecule has 2 aromatic rings. The van der Waals surface area contributed by atoms with E-state index in [0.717, 1.165) is 18.7 Å². The maximum absolute atomic E-state index is 5.56. The van der Waals surface area contributed by atoms with Crippen LogP contribution in [0.5, 0.6) is 0 Å². The molecule has 1 aromatic carbocycles. The zero-order valence-electron chi connectivity index (χ0n) is 10.0. The molecule has 0 saturated heterocycles. The maximum atomic E-state index is 5.56. The Labute approximate surface area is 102 Å². The molecule has 88 valence electrons. The van der Waals surface area contributed by atoms with Crippen molar-refractivity contribution in [3.63, 3.8) is 0 Å². The van der Waals surface area contributed by atoms with Crippen LogP contribution in [0, 0.1) is 0 Å². The molecule has 3 rings (SSSR count). The van der Waals surface area contributed by atoms with Crippen LogP contribution in [0.15, 0.2) is 47.1 Å². The van der Waals surface area contributed by atoms with Crippen LogP contribution in [0.2, 0.25) is 0 Å². The first-order valence-corrected chi connectivity index (χ1v) is 6.24. The minimum absolute atomic E-state index is 0.310. The van der Waals surface area contributed by atoms with Crippen LogP contribution in [0.3, 0.4) is 0 Å². The summed E-state index contributed by atoms with van der Waals surface area (Å²) < 4.78 is 5.56. The van der Waals surface area contributed by atoms with Crippen LogP contribution < -0.4 is 5.32 Å². The minimum Gasteiger partial charge on any atom is -0.468 e. The van der Waals surface area contributed by atoms with Gasteiger partial charge in [0.05, 0.1) is 12.3 Å². The second-order valence-corrected chi connectivity index (χ2v) is 4.56. The Morgan fingerprint density at radius 1 is 1.29 bits per heavy atom. The van der Waals surface area contributed by atoms with Crippen molar-refractivity contribution < 1.29 is 4.42 Å². The van der Waals surface area contributed by atoms with Gasteiger partial charge in [0.15, 0.2) is 0 Å². The first-order valence-electron chi connectivity index (χ1n) is 6.24. The van der Waals surface area contributed by atoms with E-state index < -0.39 is 0 Å². The topological polar surface area (TPSA) is 25.2 Å². The van der Waals surface area contributed by atoms with Crippen LogP contribution in [0.4, 0.5) is 0 Å². The lowest BCUT2D eigenvalue weighted by Crippen LogP contribution is -2.33. The summed E-state index contributed by atoms with van der Waals surface area (Å²) in [6, 6.07) is 13.0. The van der Waals surface area contributed by atoms with Gasteiger partial charge in [0, 0.05) is 5.92 Å². The monoisotopic (exact) mass is 227 g/mol. The minimum atomic E-state index is 0.310. The van der Waals surface area contributed by atoms with Gasteiger partial charge in [-0.25, -0.2) is 0 Å². The van der Waals surface area contributed by atoms with Gasteiger partial charge in [0.1, 0.15) is 5.76 Å². The highest BCUT2D eigenvalue weighted by Gasteiger charge is 2.34. The summed E-state index contributed by atoms with van der Waals surface area (Å²) in [5.41, 5.74) is 2.95. The number of fused-ring (bicyclic) bond motifs is 1. The van der Waals surface area contributed by atoms with E-state index in [0.29, 0.717) is 12.0 Å². The molecule has 0 amide bonds. The molecular formula is C15H17NO. The lowest BCUT2D eigenvalue weighted by molar-refractivity contribution is 0.349. The van der Waals surface area contributed by atoms with Crippen molar-refractivity contribution in [1.29, 1.82) is 0 Å². The predicted molar refractivity (Wildman–Crippen MR) is 68.0 cm³/mol. The van der Waals surface area contributed by atoms with Crippen molar-refractivity contribution in [1.82, 2.24) is 5.32 Å². The summed E-state index contributed by atoms with van der Waals surface area (Å²) in [4.78, 5) is 0. The quantitative estimate of drug-likeness (QED) is 0.867. The van der Waals surface area contributed by atoms with E-state index in [9.17, 15) is 0 Å². The summed E-state index contributed by atoms with van der Waals surface area (Å²) in [6.45, 7) is 3.10. The molecule has 1 heterocycles. The third-order valence-corrected chi connectivity index (χ3v) is 3.57. The molecule has 2 heteroatoms. The van der Waals surface area contributed by atoms with Gasteiger partial charge < -0.3 is 9.73 Å². The number of likely N-dealkylation sites (N-methyl/N-ethyl adjacent to an activating group) is 1. The summed E-state index contributed by atoms with van der Waals surface area (Å²) in [6.07, 6.45) is 2.90. The molecule has 1 N–H and O–H groups in total. The van der Waals surface area contributed by atoms with E-state index in [1.54, 1.807) is 6.26 Å². The molecule has 2 nitrogen and oxygen atoms in total. The fourth-order valence-electron chi connectivity index (χ4n) is 2.72. The number of hydrogen-bond acceptors (Lipinski definition) is 2. The molecule has 1 aliphatic carbocycles. The van der Waals surface area contributed by atoms with E-state index >= 15 is 0 Å². The second-order valence-electron chi connectivity index (χ2n) is 4.56. The lowest BCUT2D eigenvalue weighted by atomic mass is 9.73. The standard InChI is InChI=1S/C15H17NO/c1-2-16-15(14-8-5-9-17-14)13-10-11-6-3-4-7-12(11)13/h3-9,13,15-16H,2,10H2,1H3. The van der Waals surface area contributed by atoms with Crippen LogP contribution in [0.25, 0.3) is 0 Å². The van der Waals surface area contributed by atoms with Crippen molar-refractivity contribution >= 4 is 0 Å². The second kappa shape index (κ2) is 4.38. The van der Waals surface area contributed by atoms with Crippen molar-refractivity contribution in [2.75, 3.05) is 6.54 Å². The Hall–Kier alpha value is -1.54. The highest BCUT2D eigenvalue weighted by atomic mass is 16.3. The molecule has 0 radical (unpaired) electrons. The third-order valence-electron chi connectivity index (χ3n) is 3.57. The number of benzene rings is 1. The molecular weight excluding hydrogens is 210 g/mol. The molecule has 1 aromatic heterocycles. The number of furan rings is 1. The van der Waals surface area contributed by atoms with E-state index in [2.05, 4.69) is 42.6 Å². The highest BCUT2D eigenvalue weighted by molar-refractivity contribution is 5.42. The normalized spacial score (nSPS) is 19.5. The summed E-state index contributed by atoms with van der Waals surface area (Å²) >= 11 is 0. The average Bonchev–Trinajstić information content (AvgIpc) is 2.83. The number of rotatable bonds is 4. The van der Waals surface area contributed by atoms with Gasteiger partial charge in [-0.05, 0) is 36.2 Å². The van der Waals surface area contributed by atoms with Crippen molar-refractivity contribution in [2.45, 2.75) is 25.3 Å². The van der Waals surface area contributed by atoms with E-state index in [4.69, 9.17) is 4.42 Å². The summed E-state index contributed by atoms with van der Waals surface area (Å²) in [5, 5.41) is 3.53. The Kier molecular flexibility index (Phi) is 2.73. The molecule has 0 saturated carbocycles. The molecule has 0 bridgehead atoms. The number of hydrogen-bond donors (Lipinski definition) is 1. The van der Waals surface area contributed by atoms with Crippen molar-refractivity contribution in [3.8, 4) is 0 Å². The van der Waals surface area contributed by atoms with Gasteiger partial charge in [0.25, 0.3) is 0 Å². The Morgan fingerprint density at radius 2 is 2.18 bits per heavy atom. The Balaban J connectivity index is 1.88. The first-order chi connectivity index (χ1) is 8.40. The van der Waals surface area contributed by atoms with Gasteiger partial charge in [-0.1, -0.05) is 31.2 Å². The van der Waals surface area contributed by atoms with Crippen LogP contribution in [-0.2, 0) is 6.42 Å². The molecule has 0 fully saturated rings. The SMILES string of the molecule is CCNC(c1ccco1)C1Cc2ccccc21. The van der Waals surface area contributed by atoms with Crippen LogP contribution >= 0.6 is 0 Å². The van der Waals surface area contributed by atoms with Gasteiger partial charge in [-0.2, -0.15) is 0 Å². The van der Waals surface area contributed by atoms with E-state index in [1.165, 1.54) is 11.1 Å². The Morgan fingerprint density at radius 3 is 2.88 bits per heavy atom. The molecule has 2 atom stereocenters. The van der Waals surface area contributed by atoms with Gasteiger partial charge in [0.2, 0.25) is 0 Å². The summed E-state index contributed by atoms with van der Waals surface area (Å²) in [7, 11) is 0. The summed E-state index contributed by atoms with van der Waals surface area (Å²) in [5.74, 6) is 1.60. The first kappa shape index (κ1) is 10.6. The smallest absolute Gasteiger partial charge is 0.121 e. The van der Waals surface area contributed by atoms with E-state index in [1.807, 2.05) is 6.07 Å². The van der Waals surface area contributed by atoms with E-state index in [-0.39, 0.29) is 0 Å². The Bertz CT molecular complexity index is 489. The highest BCUT2D eigenvalue weighted by Crippen LogP contribution is 2.43. The lowest BCUT2D eigenvalue weighted by Gasteiger charge is -2.36. The van der Waals surface area contributed by atoms with Gasteiger partial charge in [-0.3, -0.25) is 0 Å². The van der Waals surface area contributed by atoms with Crippen molar-refractivity contribution in [2.24, 2.45) is 0 Å². The zero-order chi connectivity index (χ0) is 11.7. The average molecular weight is 227 g/mol. The van der Waals surface area contributed by atoms with Gasteiger partial charge >= 0.3 is 0 Å². The van der Waals surface area contributed by atoms with Gasteiger partial charge in [-0.15, -0.1) is 0 Å². The fraction of sp³-hybridized carbons (Fsp3) is 0.333. The predicted octanol–water partition coefficient (Wildman–Crippen LogP) is 3.27. The number of nitrogens with one attached hydrogen (secondary N) is 1. The molecule has 17 heavy (non-hydrogen) atoms. The molecule has 1 aliphatic rings. The molecule has 0 aliphatic heterocycles. The largest absolute Gasteiger partial charge is 0.468 e. The van der Waals surface area contributed by atoms with Crippen LogP contribution in [-0.4, -0.2) is 6.54 Å². The molecule has 2 unspecified atom stereocenters. The third kappa shape index (κ3) is 1.79. The van der Waals surface area contributed by atoms with Crippen molar-refractivity contribution in [3.05, 3.63) is 59.5 Å². The maximum Gasteiger partial charge on any atom is 0.121 e. The molecule has 0 spiro atoms. The zero-order valence-corrected chi connectivity index (χ0v) is 10.0.